The number of benzene rings is 6. The summed E-state index contributed by atoms with van der Waals surface area (Å²) in [7, 11) is 0. The van der Waals surface area contributed by atoms with Crippen LogP contribution < -0.4 is 0 Å². The van der Waals surface area contributed by atoms with Crippen molar-refractivity contribution in [3.63, 3.8) is 0 Å². The average molecular weight is 618 g/mol. The van der Waals surface area contributed by atoms with E-state index in [1.807, 2.05) is 84.9 Å². The zero-order chi connectivity index (χ0) is 32.0. The number of fused-ring (bicyclic) bond motifs is 5. The molecule has 5 heteroatoms. The minimum atomic E-state index is 0.502. The summed E-state index contributed by atoms with van der Waals surface area (Å²) in [5.74, 6) is 2.21. The van der Waals surface area contributed by atoms with Gasteiger partial charge in [0.15, 0.2) is 17.5 Å². The molecule has 0 aliphatic rings. The van der Waals surface area contributed by atoms with E-state index in [9.17, 15) is 0 Å². The Kier molecular flexibility index (Phi) is 6.54. The van der Waals surface area contributed by atoms with Crippen LogP contribution in [0.1, 0.15) is 5.76 Å². The fraction of sp³-hybridized carbons (Fsp3) is 0. The number of hydrogen-bond acceptors (Lipinski definition) is 5. The predicted molar refractivity (Wildman–Crippen MR) is 195 cm³/mol. The van der Waals surface area contributed by atoms with E-state index in [1.54, 1.807) is 6.08 Å². The van der Waals surface area contributed by atoms with Gasteiger partial charge in [-0.3, -0.25) is 0 Å². The molecule has 9 aromatic rings. The quantitative estimate of drug-likeness (QED) is 0.174. The number of para-hydroxylation sites is 2. The Labute approximate surface area is 276 Å². The van der Waals surface area contributed by atoms with E-state index in [1.165, 1.54) is 5.39 Å². The molecule has 0 bridgehead atoms. The molecule has 0 N–H and O–H groups in total. The number of aromatic nitrogens is 3. The summed E-state index contributed by atoms with van der Waals surface area (Å²) in [5, 5.41) is 5.33. The Bertz CT molecular complexity index is 2700. The Balaban J connectivity index is 1.35. The van der Waals surface area contributed by atoms with E-state index in [0.29, 0.717) is 23.2 Å². The van der Waals surface area contributed by atoms with Gasteiger partial charge in [0.05, 0.1) is 11.1 Å². The van der Waals surface area contributed by atoms with Gasteiger partial charge in [-0.2, -0.15) is 0 Å². The van der Waals surface area contributed by atoms with Gasteiger partial charge in [-0.05, 0) is 52.2 Å². The summed E-state index contributed by atoms with van der Waals surface area (Å²) in [6.07, 6.45) is 5.52. The van der Waals surface area contributed by atoms with Crippen molar-refractivity contribution in [2.24, 2.45) is 0 Å². The normalized spacial score (nSPS) is 11.8. The highest BCUT2D eigenvalue weighted by molar-refractivity contribution is 6.10. The van der Waals surface area contributed by atoms with E-state index >= 15 is 0 Å². The van der Waals surface area contributed by atoms with Crippen LogP contribution in [0.3, 0.4) is 0 Å². The SMILES string of the molecule is C=C/C=C\c1oc2cccc(-c3ccc4ccccc4c3)c2c1-c1nc(-c2ccccc2)nc(-c2cccc3c2oc2ccccc23)n1. The maximum absolute atomic E-state index is 6.55. The van der Waals surface area contributed by atoms with Gasteiger partial charge >= 0.3 is 0 Å². The van der Waals surface area contributed by atoms with Crippen molar-refractivity contribution in [1.29, 1.82) is 0 Å². The monoisotopic (exact) mass is 617 g/mol. The highest BCUT2D eigenvalue weighted by atomic mass is 16.3. The highest BCUT2D eigenvalue weighted by Crippen LogP contribution is 2.42. The van der Waals surface area contributed by atoms with Crippen molar-refractivity contribution in [1.82, 2.24) is 15.0 Å². The fourth-order valence-corrected chi connectivity index (χ4v) is 6.51. The fourth-order valence-electron chi connectivity index (χ4n) is 6.51. The van der Waals surface area contributed by atoms with Crippen LogP contribution in [-0.2, 0) is 0 Å². The topological polar surface area (TPSA) is 65.0 Å². The summed E-state index contributed by atoms with van der Waals surface area (Å²) < 4.78 is 13.0. The lowest BCUT2D eigenvalue weighted by Crippen LogP contribution is -2.01. The lowest BCUT2D eigenvalue weighted by molar-refractivity contribution is 0.605. The van der Waals surface area contributed by atoms with E-state index in [4.69, 9.17) is 23.8 Å². The van der Waals surface area contributed by atoms with Crippen LogP contribution in [-0.4, -0.2) is 15.0 Å². The summed E-state index contributed by atoms with van der Waals surface area (Å²) in [6.45, 7) is 3.90. The minimum absolute atomic E-state index is 0.502. The summed E-state index contributed by atoms with van der Waals surface area (Å²) in [4.78, 5) is 15.4. The zero-order valence-electron chi connectivity index (χ0n) is 25.8. The molecule has 0 fully saturated rings. The second-order valence-electron chi connectivity index (χ2n) is 11.6. The van der Waals surface area contributed by atoms with Gasteiger partial charge in [-0.15, -0.1) is 0 Å². The lowest BCUT2D eigenvalue weighted by atomic mass is 9.96. The Morgan fingerprint density at radius 2 is 1.23 bits per heavy atom. The van der Waals surface area contributed by atoms with Crippen molar-refractivity contribution in [2.45, 2.75) is 0 Å². The van der Waals surface area contributed by atoms with Gasteiger partial charge in [0, 0.05) is 21.7 Å². The first-order valence-electron chi connectivity index (χ1n) is 15.8. The maximum Gasteiger partial charge on any atom is 0.168 e. The molecule has 0 aliphatic carbocycles. The molecule has 0 unspecified atom stereocenters. The van der Waals surface area contributed by atoms with E-state index in [2.05, 4.69) is 67.2 Å². The summed E-state index contributed by atoms with van der Waals surface area (Å²) in [5.41, 5.74) is 6.83. The van der Waals surface area contributed by atoms with Crippen molar-refractivity contribution < 1.29 is 8.83 Å². The highest BCUT2D eigenvalue weighted by Gasteiger charge is 2.24. The van der Waals surface area contributed by atoms with E-state index < -0.39 is 0 Å². The van der Waals surface area contributed by atoms with Crippen LogP contribution in [0.2, 0.25) is 0 Å². The first-order valence-corrected chi connectivity index (χ1v) is 15.8. The first-order chi connectivity index (χ1) is 23.7. The van der Waals surface area contributed by atoms with Gasteiger partial charge in [-0.25, -0.2) is 15.0 Å². The molecular weight excluding hydrogens is 590 g/mol. The van der Waals surface area contributed by atoms with Crippen molar-refractivity contribution in [3.05, 3.63) is 158 Å². The van der Waals surface area contributed by atoms with Crippen LogP contribution in [0.5, 0.6) is 0 Å². The van der Waals surface area contributed by atoms with Crippen LogP contribution in [0.25, 0.3) is 95.0 Å². The molecule has 0 aliphatic heterocycles. The molecule has 0 amide bonds. The third-order valence-electron chi connectivity index (χ3n) is 8.72. The number of nitrogens with zero attached hydrogens (tertiary/aromatic N) is 3. The molecule has 3 heterocycles. The Morgan fingerprint density at radius 3 is 2.12 bits per heavy atom. The van der Waals surface area contributed by atoms with Crippen LogP contribution in [0, 0.1) is 0 Å². The molecule has 5 nitrogen and oxygen atoms in total. The predicted octanol–water partition coefficient (Wildman–Crippen LogP) is 11.5. The molecule has 226 valence electrons. The van der Waals surface area contributed by atoms with Gasteiger partial charge in [0.2, 0.25) is 0 Å². The Hall–Kier alpha value is -6.59. The third-order valence-corrected chi connectivity index (χ3v) is 8.72. The molecule has 3 aromatic heterocycles. The second kappa shape index (κ2) is 11.3. The maximum atomic E-state index is 6.55. The largest absolute Gasteiger partial charge is 0.456 e. The zero-order valence-corrected chi connectivity index (χ0v) is 25.8. The van der Waals surface area contributed by atoms with E-state index in [0.717, 1.165) is 66.1 Å². The summed E-state index contributed by atoms with van der Waals surface area (Å²) in [6, 6.07) is 45.2. The van der Waals surface area contributed by atoms with Gasteiger partial charge in [-0.1, -0.05) is 128 Å². The molecule has 6 aromatic carbocycles. The second-order valence-corrected chi connectivity index (χ2v) is 11.6. The van der Waals surface area contributed by atoms with Gasteiger partial charge in [0.25, 0.3) is 0 Å². The summed E-state index contributed by atoms with van der Waals surface area (Å²) >= 11 is 0. The lowest BCUT2D eigenvalue weighted by Gasteiger charge is -2.10. The van der Waals surface area contributed by atoms with Crippen LogP contribution in [0.4, 0.5) is 0 Å². The average Bonchev–Trinajstić information content (AvgIpc) is 3.72. The number of rotatable bonds is 6. The number of hydrogen-bond donors (Lipinski definition) is 0. The first kappa shape index (κ1) is 27.7. The van der Waals surface area contributed by atoms with Gasteiger partial charge in [0.1, 0.15) is 22.5 Å². The van der Waals surface area contributed by atoms with Gasteiger partial charge < -0.3 is 8.83 Å². The molecule has 0 saturated heterocycles. The number of allylic oxidation sites excluding steroid dienone is 2. The molecule has 0 spiro atoms. The standard InChI is InChI=1S/C43H27N3O2/c1-2-3-21-37-39(38-31(18-12-23-36(38)47-37)30-25-24-27-13-7-8-16-29(27)26-30)43-45-41(28-14-5-4-6-15-28)44-42(46-43)34-20-11-19-33-32-17-9-10-22-35(32)48-40(33)34/h2-26H,1H2/b21-3-. The van der Waals surface area contributed by atoms with Crippen molar-refractivity contribution >= 4 is 49.8 Å². The molecular formula is C43H27N3O2. The third kappa shape index (κ3) is 4.60. The van der Waals surface area contributed by atoms with Crippen molar-refractivity contribution in [2.75, 3.05) is 0 Å². The smallest absolute Gasteiger partial charge is 0.168 e. The van der Waals surface area contributed by atoms with Crippen molar-refractivity contribution in [3.8, 4) is 45.3 Å². The molecule has 9 rings (SSSR count). The van der Waals surface area contributed by atoms with Crippen LogP contribution in [0.15, 0.2) is 161 Å². The Morgan fingerprint density at radius 1 is 0.521 bits per heavy atom. The van der Waals surface area contributed by atoms with Crippen LogP contribution >= 0.6 is 0 Å². The van der Waals surface area contributed by atoms with E-state index in [-0.39, 0.29) is 0 Å². The molecule has 0 saturated carbocycles. The number of furan rings is 2. The molecule has 48 heavy (non-hydrogen) atoms. The molecule has 0 atom stereocenters. The minimum Gasteiger partial charge on any atom is -0.456 e. The molecule has 0 radical (unpaired) electrons.